The predicted octanol–water partition coefficient (Wildman–Crippen LogP) is 3.15. The van der Waals surface area contributed by atoms with Gasteiger partial charge in [-0.3, -0.25) is 4.57 Å². The van der Waals surface area contributed by atoms with Gasteiger partial charge in [-0.1, -0.05) is 6.92 Å². The van der Waals surface area contributed by atoms with Gasteiger partial charge in [0.15, 0.2) is 5.85 Å². The zero-order chi connectivity index (χ0) is 12.6. The fourth-order valence-corrected chi connectivity index (χ4v) is 4.58. The lowest BCUT2D eigenvalue weighted by Gasteiger charge is -2.27. The molecule has 96 valence electrons. The van der Waals surface area contributed by atoms with Gasteiger partial charge in [0.05, 0.1) is 13.2 Å². The second kappa shape index (κ2) is 4.75. The number of aliphatic hydroxyl groups is 1. The van der Waals surface area contributed by atoms with Gasteiger partial charge in [0.1, 0.15) is 4.33 Å². The molecule has 0 aromatic carbocycles. The number of alkyl halides is 2. The molecule has 1 saturated carbocycles. The Hall–Kier alpha value is 0.690. The van der Waals surface area contributed by atoms with E-state index in [9.17, 15) is 9.67 Å². The van der Waals surface area contributed by atoms with Crippen molar-refractivity contribution in [1.29, 1.82) is 0 Å². The van der Waals surface area contributed by atoms with E-state index < -0.39 is 23.2 Å². The molecule has 0 saturated heterocycles. The molecule has 7 heteroatoms. The van der Waals surface area contributed by atoms with E-state index in [4.69, 9.17) is 32.2 Å². The monoisotopic (exact) mass is 290 g/mol. The molecule has 2 unspecified atom stereocenters. The van der Waals surface area contributed by atoms with Crippen molar-refractivity contribution in [3.8, 4) is 0 Å². The van der Waals surface area contributed by atoms with E-state index in [1.807, 2.05) is 0 Å². The summed E-state index contributed by atoms with van der Waals surface area (Å²) in [6.07, 6.45) is 0.369. The molecular formula is C9H17Cl2O4P. The standard InChI is InChI=1S/C9H17Cl2O4P/c1-4-14-16(13,15-5-2)7(12)8(3)6-9(8,10)11/h7,12H,4-6H2,1-3H3. The molecule has 2 atom stereocenters. The van der Waals surface area contributed by atoms with Crippen molar-refractivity contribution in [3.05, 3.63) is 0 Å². The van der Waals surface area contributed by atoms with Gasteiger partial charge in [-0.2, -0.15) is 0 Å². The van der Waals surface area contributed by atoms with E-state index >= 15 is 0 Å². The lowest BCUT2D eigenvalue weighted by Crippen LogP contribution is -2.26. The zero-order valence-corrected chi connectivity index (χ0v) is 12.0. The van der Waals surface area contributed by atoms with Crippen molar-refractivity contribution >= 4 is 30.8 Å². The summed E-state index contributed by atoms with van der Waals surface area (Å²) in [7, 11) is -3.56. The molecule has 0 heterocycles. The van der Waals surface area contributed by atoms with Gasteiger partial charge in [0.25, 0.3) is 0 Å². The van der Waals surface area contributed by atoms with Crippen molar-refractivity contribution in [1.82, 2.24) is 0 Å². The first-order valence-corrected chi connectivity index (χ1v) is 7.55. The first kappa shape index (κ1) is 14.7. The molecule has 4 nitrogen and oxygen atoms in total. The summed E-state index contributed by atoms with van der Waals surface area (Å²) < 4.78 is 21.3. The Labute approximate surface area is 106 Å². The lowest BCUT2D eigenvalue weighted by molar-refractivity contribution is 0.108. The molecular weight excluding hydrogens is 274 g/mol. The smallest absolute Gasteiger partial charge is 0.359 e. The van der Waals surface area contributed by atoms with Crippen LogP contribution in [0.5, 0.6) is 0 Å². The SMILES string of the molecule is CCOP(=O)(OCC)C(O)C1(C)CC1(Cl)Cl. The molecule has 1 aliphatic carbocycles. The Morgan fingerprint density at radius 2 is 1.75 bits per heavy atom. The quantitative estimate of drug-likeness (QED) is 0.603. The van der Waals surface area contributed by atoms with Crippen molar-refractivity contribution in [2.24, 2.45) is 5.41 Å². The maximum Gasteiger partial charge on any atom is 0.359 e. The molecule has 1 rings (SSSR count). The second-order valence-corrected chi connectivity index (χ2v) is 7.62. The highest BCUT2D eigenvalue weighted by atomic mass is 35.5. The molecule has 0 aliphatic heterocycles. The van der Waals surface area contributed by atoms with E-state index in [0.717, 1.165) is 0 Å². The minimum atomic E-state index is -3.56. The Morgan fingerprint density at radius 1 is 1.38 bits per heavy atom. The highest BCUT2D eigenvalue weighted by molar-refractivity contribution is 7.54. The van der Waals surface area contributed by atoms with Crippen LogP contribution in [0.3, 0.4) is 0 Å². The zero-order valence-electron chi connectivity index (χ0n) is 9.57. The molecule has 16 heavy (non-hydrogen) atoms. The van der Waals surface area contributed by atoms with Gasteiger partial charge in [-0.25, -0.2) is 0 Å². The van der Waals surface area contributed by atoms with Crippen molar-refractivity contribution in [3.63, 3.8) is 0 Å². The minimum Gasteiger partial charge on any atom is -0.380 e. The minimum absolute atomic E-state index is 0.196. The summed E-state index contributed by atoms with van der Waals surface area (Å²) in [5.74, 6) is -1.30. The van der Waals surface area contributed by atoms with Crippen LogP contribution in [-0.2, 0) is 13.6 Å². The first-order chi connectivity index (χ1) is 7.23. The van der Waals surface area contributed by atoms with E-state index in [2.05, 4.69) is 0 Å². The van der Waals surface area contributed by atoms with Gasteiger partial charge >= 0.3 is 7.60 Å². The number of hydrogen-bond donors (Lipinski definition) is 1. The van der Waals surface area contributed by atoms with Gasteiger partial charge in [-0.15, -0.1) is 23.2 Å². The molecule has 0 amide bonds. The molecule has 0 aromatic heterocycles. The van der Waals surface area contributed by atoms with Gasteiger partial charge < -0.3 is 14.2 Å². The van der Waals surface area contributed by atoms with Crippen LogP contribution in [0.25, 0.3) is 0 Å². The van der Waals surface area contributed by atoms with E-state index in [0.29, 0.717) is 6.42 Å². The fraction of sp³-hybridized carbons (Fsp3) is 1.00. The maximum absolute atomic E-state index is 12.3. The number of halogens is 2. The molecule has 1 aliphatic rings. The molecule has 0 radical (unpaired) electrons. The Morgan fingerprint density at radius 3 is 2.00 bits per heavy atom. The van der Waals surface area contributed by atoms with E-state index in [1.165, 1.54) is 0 Å². The second-order valence-electron chi connectivity index (χ2n) is 4.05. The molecule has 0 aromatic rings. The van der Waals surface area contributed by atoms with Crippen LogP contribution in [-0.4, -0.2) is 28.5 Å². The summed E-state index contributed by atoms with van der Waals surface area (Å²) >= 11 is 11.8. The first-order valence-electron chi connectivity index (χ1n) is 5.18. The number of aliphatic hydroxyl groups excluding tert-OH is 1. The third kappa shape index (κ3) is 2.43. The fourth-order valence-electron chi connectivity index (χ4n) is 1.58. The van der Waals surface area contributed by atoms with Crippen LogP contribution in [0, 0.1) is 5.41 Å². The topological polar surface area (TPSA) is 55.8 Å². The Kier molecular flexibility index (Phi) is 4.38. The third-order valence-corrected chi connectivity index (χ3v) is 6.32. The van der Waals surface area contributed by atoms with Crippen LogP contribution < -0.4 is 0 Å². The summed E-state index contributed by atoms with van der Waals surface area (Å²) in [6, 6.07) is 0. The van der Waals surface area contributed by atoms with Crippen LogP contribution >= 0.6 is 30.8 Å². The van der Waals surface area contributed by atoms with E-state index in [1.54, 1.807) is 20.8 Å². The Bertz CT molecular complexity index is 300. The number of rotatable bonds is 6. The van der Waals surface area contributed by atoms with E-state index in [-0.39, 0.29) is 13.2 Å². The summed E-state index contributed by atoms with van der Waals surface area (Å²) in [4.78, 5) is 0. The molecule has 1 fully saturated rings. The van der Waals surface area contributed by atoms with Crippen molar-refractivity contribution < 1.29 is 18.7 Å². The van der Waals surface area contributed by atoms with Crippen molar-refractivity contribution in [2.75, 3.05) is 13.2 Å². The molecule has 0 spiro atoms. The summed E-state index contributed by atoms with van der Waals surface area (Å²) in [5.41, 5.74) is -0.837. The van der Waals surface area contributed by atoms with Crippen LogP contribution in [0.4, 0.5) is 0 Å². The highest BCUT2D eigenvalue weighted by Crippen LogP contribution is 2.73. The van der Waals surface area contributed by atoms with Crippen LogP contribution in [0.1, 0.15) is 27.2 Å². The third-order valence-electron chi connectivity index (χ3n) is 2.79. The normalized spacial score (nSPS) is 30.1. The Balaban J connectivity index is 2.85. The average molecular weight is 291 g/mol. The van der Waals surface area contributed by atoms with Crippen molar-refractivity contribution in [2.45, 2.75) is 37.4 Å². The summed E-state index contributed by atoms with van der Waals surface area (Å²) in [6.45, 7) is 5.43. The van der Waals surface area contributed by atoms with Gasteiger partial charge in [0, 0.05) is 5.41 Å². The molecule has 1 N–H and O–H groups in total. The highest BCUT2D eigenvalue weighted by Gasteiger charge is 2.71. The van der Waals surface area contributed by atoms with Crippen LogP contribution in [0.2, 0.25) is 0 Å². The summed E-state index contributed by atoms with van der Waals surface area (Å²) in [5, 5.41) is 10.1. The lowest BCUT2D eigenvalue weighted by atomic mass is 10.2. The maximum atomic E-state index is 12.3. The number of hydrogen-bond acceptors (Lipinski definition) is 4. The van der Waals surface area contributed by atoms with Crippen LogP contribution in [0.15, 0.2) is 0 Å². The molecule has 0 bridgehead atoms. The van der Waals surface area contributed by atoms with Gasteiger partial charge in [0.2, 0.25) is 0 Å². The largest absolute Gasteiger partial charge is 0.380 e. The van der Waals surface area contributed by atoms with Gasteiger partial charge in [-0.05, 0) is 20.3 Å². The predicted molar refractivity (Wildman–Crippen MR) is 64.0 cm³/mol. The average Bonchev–Trinajstić information content (AvgIpc) is 2.67.